The lowest BCUT2D eigenvalue weighted by Gasteiger charge is -2.10. The second-order valence-corrected chi connectivity index (χ2v) is 6.25. The molecule has 7 heteroatoms. The van der Waals surface area contributed by atoms with Gasteiger partial charge in [-0.3, -0.25) is 4.79 Å². The van der Waals surface area contributed by atoms with Gasteiger partial charge in [0.15, 0.2) is 4.21 Å². The number of aromatic nitrogens is 1. The Bertz CT molecular complexity index is 486. The van der Waals surface area contributed by atoms with Gasteiger partial charge in [0, 0.05) is 11.7 Å². The first-order chi connectivity index (χ1) is 6.86. The maximum absolute atomic E-state index is 11.8. The Kier molecular flexibility index (Phi) is 3.69. The molecule has 86 valence electrons. The molecule has 15 heavy (non-hydrogen) atoms. The molecule has 1 rings (SSSR count). The summed E-state index contributed by atoms with van der Waals surface area (Å²) < 4.78 is 26.1. The highest BCUT2D eigenvalue weighted by atomic mass is 32.2. The molecule has 0 fully saturated rings. The Balaban J connectivity index is 3.06. The molecule has 1 atom stereocenters. The van der Waals surface area contributed by atoms with E-state index in [0.29, 0.717) is 23.5 Å². The predicted octanol–water partition coefficient (Wildman–Crippen LogP) is 0.822. The van der Waals surface area contributed by atoms with E-state index in [1.165, 1.54) is 0 Å². The number of nitrogens with one attached hydrogen (secondary N) is 2. The van der Waals surface area contributed by atoms with Crippen molar-refractivity contribution in [2.24, 2.45) is 0 Å². The van der Waals surface area contributed by atoms with Crippen LogP contribution in [0.5, 0.6) is 0 Å². The fourth-order valence-electron chi connectivity index (χ4n) is 1.05. The minimum absolute atomic E-state index is 0.0767. The van der Waals surface area contributed by atoms with Crippen molar-refractivity contribution in [1.82, 2.24) is 9.71 Å². The molecule has 0 amide bonds. The molecule has 0 aromatic carbocycles. The highest BCUT2D eigenvalue weighted by molar-refractivity contribution is 7.91. The topological polar surface area (TPSA) is 79.0 Å². The summed E-state index contributed by atoms with van der Waals surface area (Å²) in [4.78, 5) is 13.1. The van der Waals surface area contributed by atoms with E-state index < -0.39 is 10.0 Å². The van der Waals surface area contributed by atoms with Crippen molar-refractivity contribution >= 4 is 21.4 Å². The smallest absolute Gasteiger partial charge is 0.305 e. The largest absolute Gasteiger partial charge is 0.315 e. The third-order valence-corrected chi connectivity index (χ3v) is 5.19. The van der Waals surface area contributed by atoms with Gasteiger partial charge in [-0.05, 0) is 20.3 Å². The van der Waals surface area contributed by atoms with Crippen LogP contribution in [0, 0.1) is 6.92 Å². The summed E-state index contributed by atoms with van der Waals surface area (Å²) in [7, 11) is -3.54. The summed E-state index contributed by atoms with van der Waals surface area (Å²) in [6, 6.07) is -0.133. The van der Waals surface area contributed by atoms with Gasteiger partial charge in [0.25, 0.3) is 10.0 Å². The van der Waals surface area contributed by atoms with Gasteiger partial charge >= 0.3 is 4.87 Å². The Morgan fingerprint density at radius 3 is 2.53 bits per heavy atom. The summed E-state index contributed by atoms with van der Waals surface area (Å²) in [5, 5.41) is 0. The number of hydrogen-bond acceptors (Lipinski definition) is 4. The van der Waals surface area contributed by atoms with Crippen molar-refractivity contribution in [2.75, 3.05) is 0 Å². The number of aryl methyl sites for hydroxylation is 1. The van der Waals surface area contributed by atoms with E-state index in [4.69, 9.17) is 0 Å². The van der Waals surface area contributed by atoms with Crippen LogP contribution in [0.2, 0.25) is 0 Å². The van der Waals surface area contributed by atoms with Gasteiger partial charge in [-0.2, -0.15) is 0 Å². The van der Waals surface area contributed by atoms with Crippen LogP contribution in [0.4, 0.5) is 0 Å². The first-order valence-corrected chi connectivity index (χ1v) is 6.88. The highest BCUT2D eigenvalue weighted by Gasteiger charge is 2.21. The fraction of sp³-hybridized carbons (Fsp3) is 0.625. The van der Waals surface area contributed by atoms with Crippen LogP contribution in [0.15, 0.2) is 9.00 Å². The maximum atomic E-state index is 11.8. The van der Waals surface area contributed by atoms with Crippen molar-refractivity contribution in [3.63, 3.8) is 0 Å². The minimum Gasteiger partial charge on any atom is -0.315 e. The molecule has 2 N–H and O–H groups in total. The molecule has 0 aliphatic rings. The number of sulfonamides is 1. The molecule has 1 aromatic rings. The summed E-state index contributed by atoms with van der Waals surface area (Å²) in [5.41, 5.74) is 0.390. The standard InChI is InChI=1S/C8H14N2O3S2/c1-4-5(2)10-15(12,13)7-6(3)9-8(11)14-7/h5,10H,4H2,1-3H3,(H,9,11). The molecule has 1 unspecified atom stereocenters. The summed E-state index contributed by atoms with van der Waals surface area (Å²) in [6.07, 6.45) is 0.706. The average Bonchev–Trinajstić information content (AvgIpc) is 2.45. The Morgan fingerprint density at radius 2 is 2.13 bits per heavy atom. The maximum Gasteiger partial charge on any atom is 0.305 e. The number of hydrogen-bond donors (Lipinski definition) is 2. The highest BCUT2D eigenvalue weighted by Crippen LogP contribution is 2.16. The van der Waals surface area contributed by atoms with Crippen molar-refractivity contribution in [1.29, 1.82) is 0 Å². The molecule has 0 radical (unpaired) electrons. The number of aromatic amines is 1. The zero-order chi connectivity index (χ0) is 11.6. The first kappa shape index (κ1) is 12.4. The van der Waals surface area contributed by atoms with Crippen LogP contribution < -0.4 is 9.60 Å². The molecular formula is C8H14N2O3S2. The monoisotopic (exact) mass is 250 g/mol. The molecule has 0 aliphatic carbocycles. The number of thiazole rings is 1. The Morgan fingerprint density at radius 1 is 1.53 bits per heavy atom. The lowest BCUT2D eigenvalue weighted by molar-refractivity contribution is 0.557. The quantitative estimate of drug-likeness (QED) is 0.830. The van der Waals surface area contributed by atoms with Gasteiger partial charge in [0.1, 0.15) is 0 Å². The van der Waals surface area contributed by atoms with E-state index in [2.05, 4.69) is 9.71 Å². The minimum atomic E-state index is -3.54. The lowest BCUT2D eigenvalue weighted by Crippen LogP contribution is -2.31. The second kappa shape index (κ2) is 4.46. The third-order valence-electron chi connectivity index (χ3n) is 1.99. The van der Waals surface area contributed by atoms with Crippen molar-refractivity contribution < 1.29 is 8.42 Å². The molecular weight excluding hydrogens is 236 g/mol. The lowest BCUT2D eigenvalue weighted by atomic mass is 10.3. The first-order valence-electron chi connectivity index (χ1n) is 4.59. The molecule has 0 spiro atoms. The summed E-state index contributed by atoms with van der Waals surface area (Å²) in [6.45, 7) is 5.24. The zero-order valence-electron chi connectivity index (χ0n) is 8.83. The van der Waals surface area contributed by atoms with Crippen LogP contribution >= 0.6 is 11.3 Å². The van der Waals surface area contributed by atoms with Gasteiger partial charge in [-0.1, -0.05) is 18.3 Å². The van der Waals surface area contributed by atoms with E-state index in [9.17, 15) is 13.2 Å². The normalized spacial score (nSPS) is 14.1. The van der Waals surface area contributed by atoms with Crippen molar-refractivity contribution in [2.45, 2.75) is 37.4 Å². The molecule has 1 aromatic heterocycles. The molecule has 1 heterocycles. The fourth-order valence-corrected chi connectivity index (χ4v) is 3.69. The number of H-pyrrole nitrogens is 1. The molecule has 0 saturated carbocycles. The Hall–Kier alpha value is -0.660. The van der Waals surface area contributed by atoms with Gasteiger partial charge in [0.2, 0.25) is 0 Å². The van der Waals surface area contributed by atoms with Crippen LogP contribution in [0.3, 0.4) is 0 Å². The third kappa shape index (κ3) is 2.90. The molecule has 0 bridgehead atoms. The number of rotatable bonds is 4. The van der Waals surface area contributed by atoms with Crippen LogP contribution in [0.25, 0.3) is 0 Å². The van der Waals surface area contributed by atoms with Gasteiger partial charge in [-0.15, -0.1) is 0 Å². The van der Waals surface area contributed by atoms with E-state index in [0.717, 1.165) is 0 Å². The van der Waals surface area contributed by atoms with E-state index >= 15 is 0 Å². The van der Waals surface area contributed by atoms with Crippen molar-refractivity contribution in [3.8, 4) is 0 Å². The van der Waals surface area contributed by atoms with Crippen LogP contribution in [-0.4, -0.2) is 19.4 Å². The van der Waals surface area contributed by atoms with Gasteiger partial charge in [0.05, 0.1) is 0 Å². The Labute approximate surface area is 92.6 Å². The predicted molar refractivity (Wildman–Crippen MR) is 59.8 cm³/mol. The zero-order valence-corrected chi connectivity index (χ0v) is 10.5. The van der Waals surface area contributed by atoms with E-state index in [1.807, 2.05) is 6.92 Å². The van der Waals surface area contributed by atoms with Crippen LogP contribution in [-0.2, 0) is 10.0 Å². The second-order valence-electron chi connectivity index (χ2n) is 3.36. The SMILES string of the molecule is CCC(C)NS(=O)(=O)c1sc(=O)[nH]c1C. The molecule has 0 saturated heterocycles. The average molecular weight is 250 g/mol. The molecule has 0 aliphatic heterocycles. The summed E-state index contributed by atoms with van der Waals surface area (Å²) in [5.74, 6) is 0. The van der Waals surface area contributed by atoms with E-state index in [1.54, 1.807) is 13.8 Å². The molecule has 5 nitrogen and oxygen atoms in total. The van der Waals surface area contributed by atoms with Gasteiger partial charge < -0.3 is 4.98 Å². The van der Waals surface area contributed by atoms with Gasteiger partial charge in [-0.25, -0.2) is 13.1 Å². The summed E-state index contributed by atoms with van der Waals surface area (Å²) >= 11 is 0.712. The van der Waals surface area contributed by atoms with Crippen LogP contribution in [0.1, 0.15) is 26.0 Å². The van der Waals surface area contributed by atoms with Crippen molar-refractivity contribution in [3.05, 3.63) is 15.4 Å². The van der Waals surface area contributed by atoms with E-state index in [-0.39, 0.29) is 15.1 Å².